The van der Waals surface area contributed by atoms with Crippen molar-refractivity contribution >= 4 is 38.5 Å². The first-order chi connectivity index (χ1) is 22.9. The summed E-state index contributed by atoms with van der Waals surface area (Å²) in [5.74, 6) is 1.06. The number of tetrazole rings is 2. The Morgan fingerprint density at radius 3 is 1.70 bits per heavy atom. The molecule has 0 atom stereocenters. The van der Waals surface area contributed by atoms with Gasteiger partial charge < -0.3 is 15.2 Å². The number of benzene rings is 2. The zero-order chi connectivity index (χ0) is 32.3. The van der Waals surface area contributed by atoms with Crippen molar-refractivity contribution in [3.05, 3.63) is 89.2 Å². The third-order valence-electron chi connectivity index (χ3n) is 6.87. The molecule has 0 spiro atoms. The molecule has 0 bridgehead atoms. The SMILES string of the molecule is Cc1cccc(COc2nc3ccccc3n2-c2nnnn2C)n1.Cn1nnnc1-n1c(OCc2csc(N)n2)nc2ccccc21. The summed E-state index contributed by atoms with van der Waals surface area (Å²) in [6.07, 6.45) is 0. The Kier molecular flexibility index (Phi) is 7.88. The number of aryl methyl sites for hydroxylation is 3. The summed E-state index contributed by atoms with van der Waals surface area (Å²) in [6, 6.07) is 22.1. The van der Waals surface area contributed by atoms with Gasteiger partial charge in [-0.15, -0.1) is 11.3 Å². The van der Waals surface area contributed by atoms with E-state index in [0.29, 0.717) is 35.7 Å². The highest BCUT2D eigenvalue weighted by molar-refractivity contribution is 7.13. The van der Waals surface area contributed by atoms with Gasteiger partial charge in [-0.2, -0.15) is 9.97 Å². The first kappa shape index (κ1) is 29.4. The Bertz CT molecular complexity index is 2300. The Balaban J connectivity index is 0.000000150. The lowest BCUT2D eigenvalue weighted by molar-refractivity contribution is 0.272. The van der Waals surface area contributed by atoms with Gasteiger partial charge in [-0.05, 0) is 64.2 Å². The van der Waals surface area contributed by atoms with Gasteiger partial charge in [0.1, 0.15) is 13.2 Å². The van der Waals surface area contributed by atoms with Crippen LogP contribution in [0, 0.1) is 6.92 Å². The van der Waals surface area contributed by atoms with Crippen molar-refractivity contribution in [2.24, 2.45) is 14.1 Å². The minimum atomic E-state index is 0.266. The largest absolute Gasteiger partial charge is 0.458 e. The monoisotopic (exact) mass is 649 g/mol. The van der Waals surface area contributed by atoms with Gasteiger partial charge in [0.05, 0.1) is 33.5 Å². The zero-order valence-corrected chi connectivity index (χ0v) is 26.2. The molecule has 0 saturated heterocycles. The number of aromatic nitrogens is 14. The quantitative estimate of drug-likeness (QED) is 0.253. The van der Waals surface area contributed by atoms with Gasteiger partial charge in [-0.25, -0.2) is 23.5 Å². The molecular weight excluding hydrogens is 622 g/mol. The van der Waals surface area contributed by atoms with E-state index in [-0.39, 0.29) is 6.61 Å². The predicted molar refractivity (Wildman–Crippen MR) is 171 cm³/mol. The number of para-hydroxylation sites is 4. The summed E-state index contributed by atoms with van der Waals surface area (Å²) in [4.78, 5) is 17.7. The third kappa shape index (κ3) is 6.03. The highest BCUT2D eigenvalue weighted by Crippen LogP contribution is 2.26. The lowest BCUT2D eigenvalue weighted by atomic mass is 10.3. The van der Waals surface area contributed by atoms with Gasteiger partial charge in [0, 0.05) is 25.2 Å². The maximum atomic E-state index is 5.92. The molecule has 0 unspecified atom stereocenters. The molecule has 236 valence electrons. The standard InChI is InChI=1S/C16H15N7O.C13H12N8OS/c1-11-6-5-7-12(17-11)10-24-16-18-13-8-3-4-9-14(13)23(16)15-19-20-21-22(15)2;1-20-12(17-18-19-20)21-10-5-3-2-4-9(10)16-13(21)22-6-8-7-23-11(14)15-8/h3-9H,10H2,1-2H3;2-5,7H,6H2,1H3,(H2,14,15). The van der Waals surface area contributed by atoms with Crippen molar-refractivity contribution in [1.29, 1.82) is 0 Å². The number of fused-ring (bicyclic) bond motifs is 2. The lowest BCUT2D eigenvalue weighted by Crippen LogP contribution is -2.08. The summed E-state index contributed by atoms with van der Waals surface area (Å²) in [5, 5.41) is 25.6. The van der Waals surface area contributed by atoms with Crippen LogP contribution in [0.25, 0.3) is 34.0 Å². The molecule has 0 aliphatic heterocycles. The van der Waals surface area contributed by atoms with Crippen LogP contribution in [0.4, 0.5) is 5.13 Å². The summed E-state index contributed by atoms with van der Waals surface area (Å²) >= 11 is 1.37. The summed E-state index contributed by atoms with van der Waals surface area (Å²) < 4.78 is 18.5. The molecule has 0 aliphatic rings. The molecule has 0 aliphatic carbocycles. The zero-order valence-electron chi connectivity index (χ0n) is 25.4. The van der Waals surface area contributed by atoms with Gasteiger partial charge in [0.2, 0.25) is 0 Å². The topological polar surface area (TPSA) is 193 Å². The number of thiazole rings is 1. The number of ether oxygens (including phenoxy) is 2. The van der Waals surface area contributed by atoms with E-state index in [4.69, 9.17) is 15.2 Å². The van der Waals surface area contributed by atoms with E-state index in [9.17, 15) is 0 Å². The normalized spacial score (nSPS) is 11.1. The summed E-state index contributed by atoms with van der Waals surface area (Å²) in [7, 11) is 3.53. The second kappa shape index (κ2) is 12.6. The van der Waals surface area contributed by atoms with Crippen LogP contribution in [0.2, 0.25) is 0 Å². The lowest BCUT2D eigenvalue weighted by Gasteiger charge is -2.08. The number of rotatable bonds is 8. The molecule has 0 amide bonds. The minimum Gasteiger partial charge on any atom is -0.458 e. The van der Waals surface area contributed by atoms with Gasteiger partial charge in [0.15, 0.2) is 5.13 Å². The van der Waals surface area contributed by atoms with E-state index < -0.39 is 0 Å². The maximum absolute atomic E-state index is 5.92. The van der Waals surface area contributed by atoms with Crippen molar-refractivity contribution in [2.45, 2.75) is 20.1 Å². The Hall–Kier alpha value is -6.30. The van der Waals surface area contributed by atoms with Crippen LogP contribution in [0.1, 0.15) is 17.1 Å². The predicted octanol–water partition coefficient (Wildman–Crippen LogP) is 3.00. The van der Waals surface area contributed by atoms with E-state index in [2.05, 4.69) is 51.0 Å². The van der Waals surface area contributed by atoms with Gasteiger partial charge in [0.25, 0.3) is 11.9 Å². The molecule has 6 aromatic heterocycles. The number of nitrogen functional groups attached to an aromatic ring is 1. The highest BCUT2D eigenvalue weighted by atomic mass is 32.1. The fourth-order valence-electron chi connectivity index (χ4n) is 4.76. The molecule has 8 rings (SSSR count). The van der Waals surface area contributed by atoms with Crippen molar-refractivity contribution < 1.29 is 9.47 Å². The molecule has 2 aromatic carbocycles. The van der Waals surface area contributed by atoms with E-state index >= 15 is 0 Å². The van der Waals surface area contributed by atoms with Crippen molar-refractivity contribution in [3.63, 3.8) is 0 Å². The first-order valence-electron chi connectivity index (χ1n) is 14.2. The molecular formula is C29H27N15O2S. The number of hydrogen-bond acceptors (Lipinski definition) is 14. The average Bonchev–Trinajstić information content (AvgIpc) is 3.90. The molecule has 47 heavy (non-hydrogen) atoms. The van der Waals surface area contributed by atoms with E-state index in [1.807, 2.05) is 79.0 Å². The fraction of sp³-hybridized carbons (Fsp3) is 0.172. The second-order valence-electron chi connectivity index (χ2n) is 10.2. The molecule has 2 N–H and O–H groups in total. The van der Waals surface area contributed by atoms with Crippen LogP contribution < -0.4 is 15.2 Å². The molecule has 0 fully saturated rings. The minimum absolute atomic E-state index is 0.266. The number of hydrogen-bond donors (Lipinski definition) is 1. The van der Waals surface area contributed by atoms with Gasteiger partial charge in [-0.1, -0.05) is 40.5 Å². The Labute approximate surface area is 270 Å². The van der Waals surface area contributed by atoms with Gasteiger partial charge >= 0.3 is 12.0 Å². The molecule has 0 radical (unpaired) electrons. The summed E-state index contributed by atoms with van der Waals surface area (Å²) in [5.41, 5.74) is 11.5. The number of anilines is 1. The van der Waals surface area contributed by atoms with Gasteiger partial charge in [-0.3, -0.25) is 4.98 Å². The molecule has 18 heteroatoms. The number of pyridine rings is 1. The molecule has 6 heterocycles. The van der Waals surface area contributed by atoms with Crippen molar-refractivity contribution in [2.75, 3.05) is 5.73 Å². The smallest absolute Gasteiger partial charge is 0.305 e. The van der Waals surface area contributed by atoms with Crippen molar-refractivity contribution in [3.8, 4) is 23.9 Å². The Morgan fingerprint density at radius 1 is 0.660 bits per heavy atom. The second-order valence-corrected chi connectivity index (χ2v) is 11.1. The average molecular weight is 650 g/mol. The maximum Gasteiger partial charge on any atom is 0.305 e. The molecule has 0 saturated carbocycles. The van der Waals surface area contributed by atoms with Crippen LogP contribution in [0.15, 0.2) is 72.1 Å². The van der Waals surface area contributed by atoms with E-state index in [1.54, 1.807) is 32.6 Å². The highest BCUT2D eigenvalue weighted by Gasteiger charge is 2.19. The Morgan fingerprint density at radius 2 is 1.21 bits per heavy atom. The number of imidazole rings is 2. The number of nitrogens with zero attached hydrogens (tertiary/aromatic N) is 14. The van der Waals surface area contributed by atoms with Crippen LogP contribution >= 0.6 is 11.3 Å². The fourth-order valence-corrected chi connectivity index (χ4v) is 5.31. The number of nitrogens with two attached hydrogens (primary N) is 1. The summed E-state index contributed by atoms with van der Waals surface area (Å²) in [6.45, 7) is 2.53. The molecule has 8 aromatic rings. The van der Waals surface area contributed by atoms with Crippen LogP contribution in [0.5, 0.6) is 12.0 Å². The third-order valence-corrected chi connectivity index (χ3v) is 7.59. The van der Waals surface area contributed by atoms with E-state index in [0.717, 1.165) is 39.1 Å². The van der Waals surface area contributed by atoms with E-state index in [1.165, 1.54) is 11.3 Å². The van der Waals surface area contributed by atoms with Crippen LogP contribution in [0.3, 0.4) is 0 Å². The van der Waals surface area contributed by atoms with Crippen molar-refractivity contribution in [1.82, 2.24) is 69.5 Å². The van der Waals surface area contributed by atoms with Crippen LogP contribution in [-0.4, -0.2) is 69.5 Å². The van der Waals surface area contributed by atoms with Crippen LogP contribution in [-0.2, 0) is 27.3 Å². The first-order valence-corrected chi connectivity index (χ1v) is 15.1. The molecule has 17 nitrogen and oxygen atoms in total.